The average molecular weight is 249 g/mol. The van der Waals surface area contributed by atoms with E-state index in [9.17, 15) is 4.79 Å². The van der Waals surface area contributed by atoms with Gasteiger partial charge in [0.15, 0.2) is 0 Å². The Morgan fingerprint density at radius 1 is 1.59 bits per heavy atom. The summed E-state index contributed by atoms with van der Waals surface area (Å²) in [5.41, 5.74) is 6.69. The molecule has 4 nitrogen and oxygen atoms in total. The molecule has 0 aromatic heterocycles. The first-order valence-electron chi connectivity index (χ1n) is 5.23. The van der Waals surface area contributed by atoms with Crippen LogP contribution in [0.2, 0.25) is 0 Å². The molecule has 1 rings (SSSR count). The van der Waals surface area contributed by atoms with Gasteiger partial charge in [0.05, 0.1) is 17.3 Å². The van der Waals surface area contributed by atoms with Crippen LogP contribution in [0.5, 0.6) is 0 Å². The van der Waals surface area contributed by atoms with E-state index in [0.29, 0.717) is 17.7 Å². The Morgan fingerprint density at radius 3 is 2.94 bits per heavy atom. The number of hydrogen-bond acceptors (Lipinski definition) is 4. The lowest BCUT2D eigenvalue weighted by Crippen LogP contribution is -2.36. The third kappa shape index (κ3) is 4.10. The molecule has 1 aromatic carbocycles. The van der Waals surface area contributed by atoms with Crippen molar-refractivity contribution in [1.82, 2.24) is 0 Å². The van der Waals surface area contributed by atoms with Gasteiger partial charge in [-0.25, -0.2) is 0 Å². The molecule has 0 radical (unpaired) electrons. The van der Waals surface area contributed by atoms with Crippen LogP contribution in [0.1, 0.15) is 12.0 Å². The number of hydrogen-bond donors (Lipinski definition) is 2. The highest BCUT2D eigenvalue weighted by molar-refractivity contribution is 7.98. The van der Waals surface area contributed by atoms with Crippen molar-refractivity contribution in [3.63, 3.8) is 0 Å². The first kappa shape index (κ1) is 13.6. The summed E-state index contributed by atoms with van der Waals surface area (Å²) in [6, 6.07) is 8.36. The minimum atomic E-state index is -0.533. The summed E-state index contributed by atoms with van der Waals surface area (Å²) in [5.74, 6) is 0.593. The van der Waals surface area contributed by atoms with Gasteiger partial charge in [-0.2, -0.15) is 17.0 Å². The van der Waals surface area contributed by atoms with Crippen molar-refractivity contribution >= 4 is 23.4 Å². The fraction of sp³-hybridized carbons (Fsp3) is 0.333. The number of benzene rings is 1. The van der Waals surface area contributed by atoms with Gasteiger partial charge in [0.1, 0.15) is 6.07 Å². The number of carbonyl (C=O) groups excluding carboxylic acids is 1. The Labute approximate surface area is 105 Å². The number of nitrogens with zero attached hydrogens (tertiary/aromatic N) is 1. The van der Waals surface area contributed by atoms with E-state index in [1.165, 1.54) is 0 Å². The van der Waals surface area contributed by atoms with Crippen LogP contribution in [0.3, 0.4) is 0 Å². The highest BCUT2D eigenvalue weighted by Crippen LogP contribution is 2.14. The number of nitrogens with one attached hydrogen (secondary N) is 1. The van der Waals surface area contributed by atoms with Crippen LogP contribution in [0, 0.1) is 11.3 Å². The summed E-state index contributed by atoms with van der Waals surface area (Å²) >= 11 is 1.65. The van der Waals surface area contributed by atoms with Gasteiger partial charge in [-0.05, 0) is 30.6 Å². The predicted molar refractivity (Wildman–Crippen MR) is 70.8 cm³/mol. The number of carbonyl (C=O) groups is 1. The summed E-state index contributed by atoms with van der Waals surface area (Å²) in [6.07, 6.45) is 2.59. The number of nitrogens with two attached hydrogens (primary N) is 1. The Kier molecular flexibility index (Phi) is 5.53. The molecule has 0 saturated heterocycles. The SMILES string of the molecule is CSCC[C@@H](N)C(=O)Nc1ccccc1C#N. The second-order valence-corrected chi connectivity index (χ2v) is 4.52. The lowest BCUT2D eigenvalue weighted by atomic mass is 10.1. The fourth-order valence-corrected chi connectivity index (χ4v) is 1.78. The van der Waals surface area contributed by atoms with Gasteiger partial charge in [0, 0.05) is 0 Å². The van der Waals surface area contributed by atoms with E-state index in [4.69, 9.17) is 11.0 Å². The Balaban J connectivity index is 2.65. The third-order valence-corrected chi connectivity index (χ3v) is 2.92. The van der Waals surface area contributed by atoms with Crippen molar-refractivity contribution in [3.8, 4) is 6.07 Å². The van der Waals surface area contributed by atoms with E-state index in [-0.39, 0.29) is 5.91 Å². The number of para-hydroxylation sites is 1. The van der Waals surface area contributed by atoms with Gasteiger partial charge >= 0.3 is 0 Å². The van der Waals surface area contributed by atoms with Crippen LogP contribution >= 0.6 is 11.8 Å². The first-order valence-corrected chi connectivity index (χ1v) is 6.63. The molecule has 0 aliphatic carbocycles. The normalized spacial score (nSPS) is 11.6. The average Bonchev–Trinajstić information content (AvgIpc) is 2.36. The number of thioether (sulfide) groups is 1. The summed E-state index contributed by atoms with van der Waals surface area (Å²) in [6.45, 7) is 0. The molecule has 0 unspecified atom stereocenters. The molecule has 5 heteroatoms. The van der Waals surface area contributed by atoms with Gasteiger partial charge in [-0.1, -0.05) is 12.1 Å². The van der Waals surface area contributed by atoms with Crippen LogP contribution in [0.15, 0.2) is 24.3 Å². The van der Waals surface area contributed by atoms with Crippen LogP contribution in [-0.4, -0.2) is 24.0 Å². The van der Waals surface area contributed by atoms with Crippen LogP contribution in [0.25, 0.3) is 0 Å². The number of nitriles is 1. The minimum absolute atomic E-state index is 0.248. The summed E-state index contributed by atoms with van der Waals surface area (Å²) in [4.78, 5) is 11.7. The molecular weight excluding hydrogens is 234 g/mol. The topological polar surface area (TPSA) is 78.9 Å². The van der Waals surface area contributed by atoms with E-state index in [1.54, 1.807) is 36.0 Å². The van der Waals surface area contributed by atoms with Crippen molar-refractivity contribution in [2.45, 2.75) is 12.5 Å². The van der Waals surface area contributed by atoms with Crippen molar-refractivity contribution in [1.29, 1.82) is 5.26 Å². The summed E-state index contributed by atoms with van der Waals surface area (Å²) < 4.78 is 0. The van der Waals surface area contributed by atoms with Gasteiger partial charge in [-0.3, -0.25) is 4.79 Å². The molecule has 0 fully saturated rings. The molecule has 17 heavy (non-hydrogen) atoms. The molecule has 0 saturated carbocycles. The maximum absolute atomic E-state index is 11.7. The smallest absolute Gasteiger partial charge is 0.241 e. The minimum Gasteiger partial charge on any atom is -0.324 e. The van der Waals surface area contributed by atoms with Gasteiger partial charge in [0.25, 0.3) is 0 Å². The van der Waals surface area contributed by atoms with Gasteiger partial charge < -0.3 is 11.1 Å². The van der Waals surface area contributed by atoms with Crippen molar-refractivity contribution < 1.29 is 4.79 Å². The molecule has 1 aromatic rings. The van der Waals surface area contributed by atoms with E-state index in [0.717, 1.165) is 5.75 Å². The summed E-state index contributed by atoms with van der Waals surface area (Å²) in [7, 11) is 0. The van der Waals surface area contributed by atoms with E-state index >= 15 is 0 Å². The predicted octanol–water partition coefficient (Wildman–Crippen LogP) is 1.58. The monoisotopic (exact) mass is 249 g/mol. The Hall–Kier alpha value is -1.51. The van der Waals surface area contributed by atoms with Crippen LogP contribution in [0.4, 0.5) is 5.69 Å². The quantitative estimate of drug-likeness (QED) is 0.830. The molecule has 1 atom stereocenters. The molecule has 0 heterocycles. The lowest BCUT2D eigenvalue weighted by molar-refractivity contribution is -0.117. The van der Waals surface area contributed by atoms with Gasteiger partial charge in [-0.15, -0.1) is 0 Å². The van der Waals surface area contributed by atoms with Crippen LogP contribution in [-0.2, 0) is 4.79 Å². The molecule has 0 bridgehead atoms. The molecule has 90 valence electrons. The Bertz CT molecular complexity index is 428. The molecular formula is C12H15N3OS. The highest BCUT2D eigenvalue weighted by atomic mass is 32.2. The largest absolute Gasteiger partial charge is 0.324 e. The highest BCUT2D eigenvalue weighted by Gasteiger charge is 2.14. The van der Waals surface area contributed by atoms with Crippen molar-refractivity contribution in [3.05, 3.63) is 29.8 Å². The second-order valence-electron chi connectivity index (χ2n) is 3.53. The van der Waals surface area contributed by atoms with E-state index in [2.05, 4.69) is 5.32 Å². The summed E-state index contributed by atoms with van der Waals surface area (Å²) in [5, 5.41) is 11.5. The van der Waals surface area contributed by atoms with Crippen molar-refractivity contribution in [2.75, 3.05) is 17.3 Å². The zero-order valence-electron chi connectivity index (χ0n) is 9.64. The number of rotatable bonds is 5. The fourth-order valence-electron chi connectivity index (χ4n) is 1.29. The maximum Gasteiger partial charge on any atom is 0.241 e. The lowest BCUT2D eigenvalue weighted by Gasteiger charge is -2.12. The molecule has 3 N–H and O–H groups in total. The molecule has 1 amide bonds. The maximum atomic E-state index is 11.7. The Morgan fingerprint density at radius 2 is 2.29 bits per heavy atom. The molecule has 0 aliphatic heterocycles. The van der Waals surface area contributed by atoms with E-state index in [1.807, 2.05) is 12.3 Å². The number of amides is 1. The second kappa shape index (κ2) is 6.94. The zero-order valence-corrected chi connectivity index (χ0v) is 10.5. The van der Waals surface area contributed by atoms with Crippen molar-refractivity contribution in [2.24, 2.45) is 5.73 Å². The van der Waals surface area contributed by atoms with Crippen LogP contribution < -0.4 is 11.1 Å². The number of anilines is 1. The first-order chi connectivity index (χ1) is 8.19. The molecule has 0 spiro atoms. The van der Waals surface area contributed by atoms with Gasteiger partial charge in [0.2, 0.25) is 5.91 Å². The standard InChI is InChI=1S/C12H15N3OS/c1-17-7-6-10(14)12(16)15-11-5-3-2-4-9(11)8-13/h2-5,10H,6-7,14H2,1H3,(H,15,16)/t10-/m1/s1. The molecule has 0 aliphatic rings. The zero-order chi connectivity index (χ0) is 12.7. The van der Waals surface area contributed by atoms with E-state index < -0.39 is 6.04 Å². The third-order valence-electron chi connectivity index (χ3n) is 2.28.